The fraction of sp³-hybridized carbons (Fsp3) is 0. The fourth-order valence-electron chi connectivity index (χ4n) is 0. The van der Waals surface area contributed by atoms with Crippen LogP contribution in [-0.4, -0.2) is 27.9 Å². The van der Waals surface area contributed by atoms with E-state index in [0.717, 1.165) is 0 Å². The third kappa shape index (κ3) is 41.5. The number of hydrogen-bond donors (Lipinski definition) is 1. The largest absolute Gasteiger partial charge is 2.00 e. The predicted octanol–water partition coefficient (Wildman–Crippen LogP) is -2.45. The van der Waals surface area contributed by atoms with Gasteiger partial charge in [-0.2, -0.15) is 8.60 Å². The first-order chi connectivity index (χ1) is 1.73. The summed E-state index contributed by atoms with van der Waals surface area (Å²) in [5.41, 5.74) is 0. The van der Waals surface area contributed by atoms with Gasteiger partial charge in [0.2, 0.25) is 0 Å². The summed E-state index contributed by atoms with van der Waals surface area (Å²) in [5.74, 6) is 0. The molecule has 0 aliphatic carbocycles. The van der Waals surface area contributed by atoms with Crippen molar-refractivity contribution < 1.29 is 14.7 Å². The summed E-state index contributed by atoms with van der Waals surface area (Å²) < 4.78 is 0. The van der Waals surface area contributed by atoms with Gasteiger partial charge in [-0.25, -0.2) is 0 Å². The zero-order valence-electron chi connectivity index (χ0n) is 2.42. The maximum Gasteiger partial charge on any atom is 2.00 e. The Hall–Kier alpha value is 1.08. The quantitative estimate of drug-likeness (QED) is 0.274. The van der Waals surface area contributed by atoms with E-state index in [1.165, 1.54) is 0 Å². The average Bonchev–Trinajstić information content (AvgIpc) is 0.811. The predicted molar refractivity (Wildman–Crippen MR) is 14.9 cm³/mol. The summed E-state index contributed by atoms with van der Waals surface area (Å²) in [4.78, 5) is 24.2. The van der Waals surface area contributed by atoms with Gasteiger partial charge < -0.3 is 14.7 Å². The zero-order chi connectivity index (χ0) is 3.58. The standard InChI is InChI=1S/Mg.HO3P/c;1-4(2)3/h;1H/q+2;-2. The summed E-state index contributed by atoms with van der Waals surface area (Å²) in [6.45, 7) is 0. The second kappa shape index (κ2) is 5.08. The number of hydrogen-bond acceptors (Lipinski definition) is 3. The molecule has 0 rings (SSSR count). The Morgan fingerprint density at radius 3 is 1.40 bits per heavy atom. The molecule has 5 heteroatoms. The Labute approximate surface area is 46.8 Å². The molecule has 5 heavy (non-hydrogen) atoms. The van der Waals surface area contributed by atoms with Gasteiger partial charge in [0, 0.05) is 0 Å². The van der Waals surface area contributed by atoms with Crippen molar-refractivity contribution in [2.75, 3.05) is 0 Å². The van der Waals surface area contributed by atoms with Crippen molar-refractivity contribution in [2.45, 2.75) is 0 Å². The Morgan fingerprint density at radius 2 is 1.40 bits per heavy atom. The normalized spacial score (nSPS) is 7.20. The zero-order valence-corrected chi connectivity index (χ0v) is 4.73. The van der Waals surface area contributed by atoms with Crippen molar-refractivity contribution in [3.05, 3.63) is 0 Å². The summed E-state index contributed by atoms with van der Waals surface area (Å²) in [6.07, 6.45) is 0. The van der Waals surface area contributed by atoms with Gasteiger partial charge in [0.05, 0.1) is 0 Å². The molecule has 0 fully saturated rings. The average molecular weight is 104 g/mol. The first-order valence-electron chi connectivity index (χ1n) is 0.565. The second-order valence-corrected chi connectivity index (χ2v) is 0.714. The van der Waals surface area contributed by atoms with Gasteiger partial charge in [-0.1, -0.05) is 0 Å². The van der Waals surface area contributed by atoms with E-state index in [0.29, 0.717) is 0 Å². The van der Waals surface area contributed by atoms with Gasteiger partial charge in [-0.15, -0.1) is 0 Å². The van der Waals surface area contributed by atoms with Crippen LogP contribution in [-0.2, 0) is 0 Å². The van der Waals surface area contributed by atoms with Crippen LogP contribution in [0.2, 0.25) is 0 Å². The third-order valence-corrected chi connectivity index (χ3v) is 0. The Balaban J connectivity index is 0. The van der Waals surface area contributed by atoms with E-state index in [1.54, 1.807) is 0 Å². The molecule has 0 saturated carbocycles. The molecule has 1 N–H and O–H groups in total. The van der Waals surface area contributed by atoms with E-state index in [-0.39, 0.29) is 23.1 Å². The van der Waals surface area contributed by atoms with Gasteiger partial charge in [-0.05, 0) is 0 Å². The molecule has 3 nitrogen and oxygen atoms in total. The van der Waals surface area contributed by atoms with Crippen LogP contribution in [0.25, 0.3) is 0 Å². The Bertz CT molecular complexity index is 11.6. The number of rotatable bonds is 0. The molecule has 0 aromatic carbocycles. The summed E-state index contributed by atoms with van der Waals surface area (Å²) in [7, 11) is -3.12. The minimum atomic E-state index is -3.12. The van der Waals surface area contributed by atoms with Crippen LogP contribution in [0.1, 0.15) is 0 Å². The van der Waals surface area contributed by atoms with Crippen LogP contribution in [0.4, 0.5) is 0 Å². The van der Waals surface area contributed by atoms with Gasteiger partial charge in [0.25, 0.3) is 0 Å². The van der Waals surface area contributed by atoms with Crippen LogP contribution in [0, 0.1) is 0 Å². The monoisotopic (exact) mass is 104 g/mol. The maximum absolute atomic E-state index is 8.59. The van der Waals surface area contributed by atoms with Crippen molar-refractivity contribution in [2.24, 2.45) is 0 Å². The van der Waals surface area contributed by atoms with Crippen LogP contribution >= 0.6 is 8.60 Å². The Kier molecular flexibility index (Phi) is 9.57. The molecule has 0 aromatic rings. The minimum Gasteiger partial charge on any atom is -0.820 e. The molecule has 0 heterocycles. The van der Waals surface area contributed by atoms with Crippen molar-refractivity contribution >= 4 is 31.7 Å². The molecule has 0 spiro atoms. The Morgan fingerprint density at radius 1 is 1.40 bits per heavy atom. The van der Waals surface area contributed by atoms with Crippen molar-refractivity contribution in [3.8, 4) is 0 Å². The van der Waals surface area contributed by atoms with E-state index in [1.807, 2.05) is 0 Å². The van der Waals surface area contributed by atoms with Gasteiger partial charge in [0.1, 0.15) is 0 Å². The molecule has 0 aliphatic rings. The van der Waals surface area contributed by atoms with E-state index >= 15 is 0 Å². The molecule has 0 amide bonds. The molecule has 0 aliphatic heterocycles. The van der Waals surface area contributed by atoms with E-state index in [9.17, 15) is 0 Å². The smallest absolute Gasteiger partial charge is 0.820 e. The van der Waals surface area contributed by atoms with Gasteiger partial charge >= 0.3 is 23.1 Å². The third-order valence-electron chi connectivity index (χ3n) is 0. The van der Waals surface area contributed by atoms with Gasteiger partial charge in [0.15, 0.2) is 0 Å². The van der Waals surface area contributed by atoms with Crippen LogP contribution in [0.5, 0.6) is 0 Å². The molecule has 26 valence electrons. The van der Waals surface area contributed by atoms with E-state index < -0.39 is 8.60 Å². The second-order valence-electron chi connectivity index (χ2n) is 0.238. The van der Waals surface area contributed by atoms with Crippen molar-refractivity contribution in [1.29, 1.82) is 0 Å². The summed E-state index contributed by atoms with van der Waals surface area (Å²) >= 11 is 0. The topological polar surface area (TPSA) is 66.3 Å². The maximum atomic E-state index is 8.59. The van der Waals surface area contributed by atoms with E-state index in [4.69, 9.17) is 14.7 Å². The molecular formula is HMgO3P. The SMILES string of the molecule is [Mg+2].[O-]P([O-])O. The summed E-state index contributed by atoms with van der Waals surface area (Å²) in [6, 6.07) is 0. The molecule has 0 bridgehead atoms. The van der Waals surface area contributed by atoms with Gasteiger partial charge in [-0.3, -0.25) is 0 Å². The molecular weight excluding hydrogens is 103 g/mol. The van der Waals surface area contributed by atoms with Crippen molar-refractivity contribution in [3.63, 3.8) is 0 Å². The molecule has 0 saturated heterocycles. The molecule has 0 radical (unpaired) electrons. The van der Waals surface area contributed by atoms with E-state index in [2.05, 4.69) is 0 Å². The first-order valence-corrected chi connectivity index (χ1v) is 1.70. The van der Waals surface area contributed by atoms with Crippen LogP contribution in [0.15, 0.2) is 0 Å². The fourth-order valence-corrected chi connectivity index (χ4v) is 0. The first kappa shape index (κ1) is 9.42. The molecule has 0 unspecified atom stereocenters. The summed E-state index contributed by atoms with van der Waals surface area (Å²) in [5, 5.41) is 0. The van der Waals surface area contributed by atoms with Crippen LogP contribution < -0.4 is 9.79 Å². The molecule has 0 atom stereocenters. The van der Waals surface area contributed by atoms with Crippen LogP contribution in [0.3, 0.4) is 0 Å². The molecule has 0 aromatic heterocycles. The minimum absolute atomic E-state index is 0. The van der Waals surface area contributed by atoms with Crippen molar-refractivity contribution in [1.82, 2.24) is 0 Å².